The highest BCUT2D eigenvalue weighted by Crippen LogP contribution is 2.13. The normalized spacial score (nSPS) is 10.8. The van der Waals surface area contributed by atoms with E-state index in [-0.39, 0.29) is 24.6 Å². The quantitative estimate of drug-likeness (QED) is 0.737. The predicted octanol–water partition coefficient (Wildman–Crippen LogP) is 1.47. The largest absolute Gasteiger partial charge is 0.366 e. The summed E-state index contributed by atoms with van der Waals surface area (Å²) < 4.78 is 3.15. The van der Waals surface area contributed by atoms with E-state index in [0.717, 1.165) is 11.0 Å². The average molecular weight is 338 g/mol. The lowest BCUT2D eigenvalue weighted by molar-refractivity contribution is -0.116. The van der Waals surface area contributed by atoms with E-state index >= 15 is 0 Å². The molecule has 2 aromatic carbocycles. The summed E-state index contributed by atoms with van der Waals surface area (Å²) in [7, 11) is 1.71. The Morgan fingerprint density at radius 3 is 2.32 bits per heavy atom. The van der Waals surface area contributed by atoms with Gasteiger partial charge in [0.1, 0.15) is 0 Å². The number of fused-ring (bicyclic) bond motifs is 1. The van der Waals surface area contributed by atoms with Gasteiger partial charge < -0.3 is 11.1 Å². The van der Waals surface area contributed by atoms with Crippen molar-refractivity contribution in [3.05, 3.63) is 64.6 Å². The van der Waals surface area contributed by atoms with Crippen LogP contribution in [0.15, 0.2) is 53.3 Å². The number of amides is 2. The molecule has 3 N–H and O–H groups in total. The second-order valence-corrected chi connectivity index (χ2v) is 5.72. The third-order valence-corrected chi connectivity index (χ3v) is 4.07. The van der Waals surface area contributed by atoms with E-state index in [1.54, 1.807) is 40.4 Å². The van der Waals surface area contributed by atoms with E-state index in [0.29, 0.717) is 11.3 Å². The Bertz CT molecular complexity index is 999. The smallest absolute Gasteiger partial charge is 0.328 e. The molecule has 0 spiro atoms. The Kier molecular flexibility index (Phi) is 4.38. The number of hydrogen-bond acceptors (Lipinski definition) is 3. The van der Waals surface area contributed by atoms with Crippen LogP contribution in [0.4, 0.5) is 5.69 Å². The van der Waals surface area contributed by atoms with E-state index in [9.17, 15) is 14.4 Å². The lowest BCUT2D eigenvalue weighted by Gasteiger charge is -2.06. The number of aromatic nitrogens is 2. The Balaban J connectivity index is 1.70. The number of carbonyl (C=O) groups is 2. The molecule has 7 nitrogen and oxygen atoms in total. The number of para-hydroxylation sites is 2. The third kappa shape index (κ3) is 3.30. The minimum atomic E-state index is -0.520. The van der Waals surface area contributed by atoms with Crippen LogP contribution in [-0.4, -0.2) is 20.9 Å². The van der Waals surface area contributed by atoms with Crippen LogP contribution in [0.5, 0.6) is 0 Å². The molecule has 1 aromatic heterocycles. The number of hydrogen-bond donors (Lipinski definition) is 2. The average Bonchev–Trinajstić information content (AvgIpc) is 2.85. The van der Waals surface area contributed by atoms with Crippen LogP contribution >= 0.6 is 0 Å². The molecule has 1 heterocycles. The highest BCUT2D eigenvalue weighted by Gasteiger charge is 2.11. The van der Waals surface area contributed by atoms with Gasteiger partial charge in [0, 0.05) is 31.3 Å². The summed E-state index contributed by atoms with van der Waals surface area (Å²) in [6.07, 6.45) is 0.158. The first-order valence-corrected chi connectivity index (χ1v) is 7.81. The van der Waals surface area contributed by atoms with Gasteiger partial charge in [0.15, 0.2) is 0 Å². The van der Waals surface area contributed by atoms with Crippen LogP contribution in [0.2, 0.25) is 0 Å². The minimum Gasteiger partial charge on any atom is -0.366 e. The third-order valence-electron chi connectivity index (χ3n) is 4.07. The maximum Gasteiger partial charge on any atom is 0.328 e. The van der Waals surface area contributed by atoms with Crippen molar-refractivity contribution < 1.29 is 9.59 Å². The number of aryl methyl sites for hydroxylation is 2. The van der Waals surface area contributed by atoms with Crippen molar-refractivity contribution in [2.24, 2.45) is 12.8 Å². The Morgan fingerprint density at radius 2 is 1.68 bits per heavy atom. The first-order valence-electron chi connectivity index (χ1n) is 7.81. The van der Waals surface area contributed by atoms with Gasteiger partial charge in [0.25, 0.3) is 0 Å². The summed E-state index contributed by atoms with van der Waals surface area (Å²) in [4.78, 5) is 35.5. The van der Waals surface area contributed by atoms with Gasteiger partial charge in [-0.15, -0.1) is 0 Å². The predicted molar refractivity (Wildman–Crippen MR) is 95.4 cm³/mol. The Morgan fingerprint density at radius 1 is 1.04 bits per heavy atom. The monoisotopic (exact) mass is 338 g/mol. The van der Waals surface area contributed by atoms with Gasteiger partial charge in [-0.05, 0) is 36.4 Å². The van der Waals surface area contributed by atoms with Crippen LogP contribution < -0.4 is 16.7 Å². The number of carbonyl (C=O) groups excluding carboxylic acids is 2. The molecule has 0 saturated carbocycles. The fourth-order valence-electron chi connectivity index (χ4n) is 2.73. The molecule has 0 radical (unpaired) electrons. The lowest BCUT2D eigenvalue weighted by atomic mass is 10.2. The molecule has 2 amide bonds. The van der Waals surface area contributed by atoms with Gasteiger partial charge in [0.2, 0.25) is 11.8 Å². The highest BCUT2D eigenvalue weighted by molar-refractivity contribution is 5.94. The second kappa shape index (κ2) is 6.64. The van der Waals surface area contributed by atoms with Crippen molar-refractivity contribution in [3.63, 3.8) is 0 Å². The van der Waals surface area contributed by atoms with Crippen molar-refractivity contribution in [1.29, 1.82) is 0 Å². The molecule has 0 saturated heterocycles. The molecule has 3 rings (SSSR count). The molecule has 0 atom stereocenters. The summed E-state index contributed by atoms with van der Waals surface area (Å²) in [5.41, 5.74) is 7.60. The number of nitrogens with two attached hydrogens (primary N) is 1. The number of nitrogens with zero attached hydrogens (tertiary/aromatic N) is 2. The maximum atomic E-state index is 12.3. The number of imidazole rings is 1. The van der Waals surface area contributed by atoms with E-state index in [1.807, 2.05) is 24.3 Å². The van der Waals surface area contributed by atoms with Crippen LogP contribution in [0.3, 0.4) is 0 Å². The van der Waals surface area contributed by atoms with Crippen molar-refractivity contribution in [2.75, 3.05) is 5.32 Å². The summed E-state index contributed by atoms with van der Waals surface area (Å²) in [6, 6.07) is 13.8. The molecular weight excluding hydrogens is 320 g/mol. The van der Waals surface area contributed by atoms with Crippen molar-refractivity contribution in [3.8, 4) is 0 Å². The van der Waals surface area contributed by atoms with Crippen LogP contribution in [0.1, 0.15) is 16.8 Å². The topological polar surface area (TPSA) is 99.1 Å². The van der Waals surface area contributed by atoms with Crippen molar-refractivity contribution in [1.82, 2.24) is 9.13 Å². The van der Waals surface area contributed by atoms with Crippen molar-refractivity contribution >= 4 is 28.5 Å². The second-order valence-electron chi connectivity index (χ2n) is 5.72. The number of anilines is 1. The molecular formula is C18H18N4O3. The van der Waals surface area contributed by atoms with E-state index < -0.39 is 5.91 Å². The van der Waals surface area contributed by atoms with Crippen LogP contribution in [-0.2, 0) is 18.4 Å². The Hall–Kier alpha value is -3.35. The molecule has 3 aromatic rings. The lowest BCUT2D eigenvalue weighted by Crippen LogP contribution is -2.24. The summed E-state index contributed by atoms with van der Waals surface area (Å²) in [6.45, 7) is 0.283. The zero-order valence-corrected chi connectivity index (χ0v) is 13.7. The van der Waals surface area contributed by atoms with Gasteiger partial charge in [-0.2, -0.15) is 0 Å². The van der Waals surface area contributed by atoms with Crippen LogP contribution in [0.25, 0.3) is 11.0 Å². The SMILES string of the molecule is Cn1c(=O)n(CCC(=O)Nc2ccc(C(N)=O)cc2)c2ccccc21. The van der Waals surface area contributed by atoms with E-state index in [2.05, 4.69) is 5.32 Å². The number of nitrogens with one attached hydrogen (secondary N) is 1. The molecule has 0 aliphatic carbocycles. The molecule has 0 bridgehead atoms. The van der Waals surface area contributed by atoms with Gasteiger partial charge in [-0.3, -0.25) is 18.7 Å². The Labute approximate surface area is 143 Å². The van der Waals surface area contributed by atoms with Crippen molar-refractivity contribution in [2.45, 2.75) is 13.0 Å². The minimum absolute atomic E-state index is 0.153. The molecule has 0 fully saturated rings. The van der Waals surface area contributed by atoms with Gasteiger partial charge in [-0.1, -0.05) is 12.1 Å². The summed E-state index contributed by atoms with van der Waals surface area (Å²) >= 11 is 0. The van der Waals surface area contributed by atoms with E-state index in [4.69, 9.17) is 5.73 Å². The zero-order valence-electron chi connectivity index (χ0n) is 13.7. The highest BCUT2D eigenvalue weighted by atomic mass is 16.2. The van der Waals surface area contributed by atoms with Crippen LogP contribution in [0, 0.1) is 0 Å². The van der Waals surface area contributed by atoms with E-state index in [1.165, 1.54) is 0 Å². The first-order chi connectivity index (χ1) is 12.0. The molecule has 25 heavy (non-hydrogen) atoms. The molecule has 7 heteroatoms. The van der Waals surface area contributed by atoms with Gasteiger partial charge >= 0.3 is 5.69 Å². The summed E-state index contributed by atoms with van der Waals surface area (Å²) in [5.74, 6) is -0.736. The first kappa shape index (κ1) is 16.5. The number of primary amides is 1. The summed E-state index contributed by atoms with van der Waals surface area (Å²) in [5, 5.41) is 2.74. The zero-order chi connectivity index (χ0) is 18.0. The fourth-order valence-corrected chi connectivity index (χ4v) is 2.73. The molecule has 0 aliphatic heterocycles. The number of rotatable bonds is 5. The standard InChI is InChI=1S/C18H18N4O3/c1-21-14-4-2-3-5-15(14)22(18(21)25)11-10-16(23)20-13-8-6-12(7-9-13)17(19)24/h2-9H,10-11H2,1H3,(H2,19,24)(H,20,23). The van der Waals surface area contributed by atoms with Gasteiger partial charge in [0.05, 0.1) is 11.0 Å². The molecule has 128 valence electrons. The van der Waals surface area contributed by atoms with Gasteiger partial charge in [-0.25, -0.2) is 4.79 Å². The fraction of sp³-hybridized carbons (Fsp3) is 0.167. The molecule has 0 unspecified atom stereocenters. The molecule has 0 aliphatic rings. The maximum absolute atomic E-state index is 12.3. The number of benzene rings is 2.